The minimum atomic E-state index is 0.799. The largest absolute Gasteiger partial charge is 0.378 e. The predicted octanol–water partition coefficient (Wildman–Crippen LogP) is 2.59. The Kier molecular flexibility index (Phi) is 4.04. The summed E-state index contributed by atoms with van der Waals surface area (Å²) in [6.45, 7) is 6.43. The van der Waals surface area contributed by atoms with E-state index in [0.717, 1.165) is 49.9 Å². The molecule has 0 atom stereocenters. The number of hydrogen-bond acceptors (Lipinski definition) is 4. The lowest BCUT2D eigenvalue weighted by molar-refractivity contribution is 0.122. The lowest BCUT2D eigenvalue weighted by atomic mass is 10.1. The molecule has 3 aromatic rings. The fourth-order valence-electron chi connectivity index (χ4n) is 3.02. The molecule has 0 aliphatic carbocycles. The molecule has 1 aromatic carbocycles. The maximum absolute atomic E-state index is 5.42. The third kappa shape index (κ3) is 2.80. The molecule has 0 unspecified atom stereocenters. The molecule has 1 fully saturated rings. The first-order valence-electron chi connectivity index (χ1n) is 8.34. The number of anilines is 1. The molecule has 0 radical (unpaired) electrons. The van der Waals surface area contributed by atoms with Crippen LogP contribution in [0.5, 0.6) is 0 Å². The summed E-state index contributed by atoms with van der Waals surface area (Å²) in [6.07, 6.45) is 7.71. The van der Waals surface area contributed by atoms with E-state index in [1.165, 1.54) is 5.69 Å². The van der Waals surface area contributed by atoms with Gasteiger partial charge in [-0.15, -0.1) is 0 Å². The predicted molar refractivity (Wildman–Crippen MR) is 93.5 cm³/mol. The van der Waals surface area contributed by atoms with Crippen molar-refractivity contribution in [2.75, 3.05) is 31.2 Å². The smallest absolute Gasteiger partial charge is 0.144 e. The molecule has 0 amide bonds. The Labute approximate surface area is 141 Å². The van der Waals surface area contributed by atoms with Gasteiger partial charge in [-0.25, -0.2) is 4.98 Å². The molecular weight excluding hydrogens is 302 g/mol. The van der Waals surface area contributed by atoms with Gasteiger partial charge in [0.25, 0.3) is 0 Å². The zero-order valence-corrected chi connectivity index (χ0v) is 13.8. The molecule has 1 aliphatic rings. The first-order valence-corrected chi connectivity index (χ1v) is 8.34. The highest BCUT2D eigenvalue weighted by atomic mass is 16.5. The first kappa shape index (κ1) is 15.0. The third-order valence-electron chi connectivity index (χ3n) is 4.36. The second kappa shape index (κ2) is 6.49. The van der Waals surface area contributed by atoms with Crippen molar-refractivity contribution in [2.24, 2.45) is 0 Å². The average molecular weight is 323 g/mol. The number of imidazole rings is 1. The van der Waals surface area contributed by atoms with Crippen LogP contribution in [0.2, 0.25) is 0 Å². The van der Waals surface area contributed by atoms with E-state index >= 15 is 0 Å². The number of nitrogens with zero attached hydrogens (tertiary/aromatic N) is 5. The van der Waals surface area contributed by atoms with Gasteiger partial charge in [0.05, 0.1) is 25.1 Å². The van der Waals surface area contributed by atoms with Gasteiger partial charge in [-0.3, -0.25) is 9.25 Å². The van der Waals surface area contributed by atoms with Crippen molar-refractivity contribution in [3.05, 3.63) is 49.1 Å². The second-order valence-electron chi connectivity index (χ2n) is 5.82. The van der Waals surface area contributed by atoms with Crippen LogP contribution in [0.4, 0.5) is 5.69 Å². The van der Waals surface area contributed by atoms with Gasteiger partial charge in [0.15, 0.2) is 0 Å². The Morgan fingerprint density at radius 3 is 2.58 bits per heavy atom. The first-order chi connectivity index (χ1) is 11.8. The Hall–Kier alpha value is -2.60. The number of benzene rings is 1. The lowest BCUT2D eigenvalue weighted by Crippen LogP contribution is -2.36. The summed E-state index contributed by atoms with van der Waals surface area (Å²) in [4.78, 5) is 6.88. The van der Waals surface area contributed by atoms with Crippen LogP contribution in [0.3, 0.4) is 0 Å². The number of hydrogen-bond donors (Lipinski definition) is 0. The molecule has 24 heavy (non-hydrogen) atoms. The Morgan fingerprint density at radius 2 is 1.88 bits per heavy atom. The fourth-order valence-corrected chi connectivity index (χ4v) is 3.02. The topological polar surface area (TPSA) is 48.1 Å². The maximum Gasteiger partial charge on any atom is 0.144 e. The standard InChI is InChI=1S/C18H21N5O/c1-2-22-14-17(13-20-22)23-8-7-19-18(23)15-3-5-16(6-4-15)21-9-11-24-12-10-21/h3-8,13-14H,2,9-12H2,1H3. The Balaban J connectivity index is 1.61. The van der Waals surface area contributed by atoms with Crippen molar-refractivity contribution in [3.63, 3.8) is 0 Å². The molecule has 0 spiro atoms. The van der Waals surface area contributed by atoms with E-state index < -0.39 is 0 Å². The van der Waals surface area contributed by atoms with Gasteiger partial charge >= 0.3 is 0 Å². The summed E-state index contributed by atoms with van der Waals surface area (Å²) in [5, 5.41) is 4.35. The van der Waals surface area contributed by atoms with Gasteiger partial charge in [-0.05, 0) is 31.2 Å². The maximum atomic E-state index is 5.42. The minimum absolute atomic E-state index is 0.799. The van der Waals surface area contributed by atoms with Crippen LogP contribution in [0.25, 0.3) is 17.1 Å². The van der Waals surface area contributed by atoms with Crippen molar-refractivity contribution in [1.82, 2.24) is 19.3 Å². The van der Waals surface area contributed by atoms with E-state index in [1.807, 2.05) is 29.5 Å². The normalized spacial score (nSPS) is 15.0. The molecule has 2 aromatic heterocycles. The van der Waals surface area contributed by atoms with Crippen LogP contribution in [0.1, 0.15) is 6.92 Å². The van der Waals surface area contributed by atoms with Crippen LogP contribution in [-0.2, 0) is 11.3 Å². The van der Waals surface area contributed by atoms with Crippen LogP contribution in [-0.4, -0.2) is 45.6 Å². The van der Waals surface area contributed by atoms with E-state index in [2.05, 4.69) is 50.7 Å². The Morgan fingerprint density at radius 1 is 1.08 bits per heavy atom. The highest BCUT2D eigenvalue weighted by Crippen LogP contribution is 2.24. The fraction of sp³-hybridized carbons (Fsp3) is 0.333. The molecule has 3 heterocycles. The van der Waals surface area contributed by atoms with E-state index in [-0.39, 0.29) is 0 Å². The molecular formula is C18H21N5O. The number of aryl methyl sites for hydroxylation is 1. The SMILES string of the molecule is CCn1cc(-n2ccnc2-c2ccc(N3CCOCC3)cc2)cn1. The average Bonchev–Trinajstić information content (AvgIpc) is 3.31. The molecule has 0 bridgehead atoms. The second-order valence-corrected chi connectivity index (χ2v) is 5.82. The molecule has 6 heteroatoms. The number of morpholine rings is 1. The van der Waals surface area contributed by atoms with Crippen LogP contribution in [0.15, 0.2) is 49.1 Å². The highest BCUT2D eigenvalue weighted by Gasteiger charge is 2.13. The molecule has 1 aliphatic heterocycles. The minimum Gasteiger partial charge on any atom is -0.378 e. The summed E-state index contributed by atoms with van der Waals surface area (Å²) < 4.78 is 9.41. The van der Waals surface area contributed by atoms with E-state index in [9.17, 15) is 0 Å². The summed E-state index contributed by atoms with van der Waals surface area (Å²) >= 11 is 0. The van der Waals surface area contributed by atoms with Gasteiger partial charge in [-0.1, -0.05) is 0 Å². The number of aromatic nitrogens is 4. The quantitative estimate of drug-likeness (QED) is 0.740. The zero-order valence-electron chi connectivity index (χ0n) is 13.8. The lowest BCUT2D eigenvalue weighted by Gasteiger charge is -2.28. The van der Waals surface area contributed by atoms with E-state index in [0.29, 0.717) is 0 Å². The molecule has 0 N–H and O–H groups in total. The van der Waals surface area contributed by atoms with Crippen molar-refractivity contribution in [3.8, 4) is 17.1 Å². The van der Waals surface area contributed by atoms with Crippen LogP contribution >= 0.6 is 0 Å². The van der Waals surface area contributed by atoms with Crippen molar-refractivity contribution in [2.45, 2.75) is 13.5 Å². The molecule has 1 saturated heterocycles. The third-order valence-corrected chi connectivity index (χ3v) is 4.36. The molecule has 124 valence electrons. The highest BCUT2D eigenvalue weighted by molar-refractivity contribution is 5.62. The van der Waals surface area contributed by atoms with Gasteiger partial charge in [-0.2, -0.15) is 5.10 Å². The number of rotatable bonds is 4. The van der Waals surface area contributed by atoms with Crippen molar-refractivity contribution >= 4 is 5.69 Å². The van der Waals surface area contributed by atoms with E-state index in [4.69, 9.17) is 4.74 Å². The van der Waals surface area contributed by atoms with Gasteiger partial charge in [0.2, 0.25) is 0 Å². The summed E-state index contributed by atoms with van der Waals surface area (Å²) in [5.74, 6) is 0.930. The monoisotopic (exact) mass is 323 g/mol. The zero-order chi connectivity index (χ0) is 16.4. The number of ether oxygens (including phenoxy) is 1. The Bertz CT molecular complexity index is 799. The van der Waals surface area contributed by atoms with Gasteiger partial charge in [0, 0.05) is 49.5 Å². The summed E-state index contributed by atoms with van der Waals surface area (Å²) in [7, 11) is 0. The molecule has 4 rings (SSSR count). The van der Waals surface area contributed by atoms with Gasteiger partial charge < -0.3 is 9.64 Å². The summed E-state index contributed by atoms with van der Waals surface area (Å²) in [6, 6.07) is 8.59. The molecule has 6 nitrogen and oxygen atoms in total. The summed E-state index contributed by atoms with van der Waals surface area (Å²) in [5.41, 5.74) is 3.36. The van der Waals surface area contributed by atoms with E-state index in [1.54, 1.807) is 0 Å². The van der Waals surface area contributed by atoms with Crippen LogP contribution in [0, 0.1) is 0 Å². The van der Waals surface area contributed by atoms with Gasteiger partial charge in [0.1, 0.15) is 5.82 Å². The molecule has 0 saturated carbocycles. The van der Waals surface area contributed by atoms with Crippen molar-refractivity contribution in [1.29, 1.82) is 0 Å². The van der Waals surface area contributed by atoms with Crippen LogP contribution < -0.4 is 4.90 Å². The van der Waals surface area contributed by atoms with Crippen molar-refractivity contribution < 1.29 is 4.74 Å².